The molecule has 0 aliphatic heterocycles. The number of rotatable bonds is 6. The molecule has 0 bridgehead atoms. The summed E-state index contributed by atoms with van der Waals surface area (Å²) in [6.07, 6.45) is 3.05. The Bertz CT molecular complexity index is 571. The standard InChI is InChI=1S/C17H20ClFN2/c1-3-16(17-8-7-15(19)11-20-17)21-12(2)9-13-5-4-6-14(18)10-13/h4-8,10-12,16,21H,3,9H2,1-2H3. The summed E-state index contributed by atoms with van der Waals surface area (Å²) in [5, 5.41) is 4.30. The molecule has 4 heteroatoms. The molecule has 2 nitrogen and oxygen atoms in total. The summed E-state index contributed by atoms with van der Waals surface area (Å²) in [7, 11) is 0. The van der Waals surface area contributed by atoms with E-state index in [1.54, 1.807) is 6.07 Å². The molecule has 21 heavy (non-hydrogen) atoms. The summed E-state index contributed by atoms with van der Waals surface area (Å²) >= 11 is 6.01. The fourth-order valence-corrected chi connectivity index (χ4v) is 2.64. The van der Waals surface area contributed by atoms with Crippen molar-refractivity contribution in [2.45, 2.75) is 38.8 Å². The molecule has 0 fully saturated rings. The Kier molecular flexibility index (Phi) is 5.71. The number of pyridine rings is 1. The summed E-state index contributed by atoms with van der Waals surface area (Å²) in [6.45, 7) is 4.22. The van der Waals surface area contributed by atoms with Crippen LogP contribution < -0.4 is 5.32 Å². The molecule has 2 rings (SSSR count). The van der Waals surface area contributed by atoms with Crippen LogP contribution in [0.15, 0.2) is 42.6 Å². The number of hydrogen-bond acceptors (Lipinski definition) is 2. The lowest BCUT2D eigenvalue weighted by Crippen LogP contribution is -2.32. The molecule has 1 heterocycles. The first kappa shape index (κ1) is 15.9. The van der Waals surface area contributed by atoms with E-state index < -0.39 is 0 Å². The van der Waals surface area contributed by atoms with Gasteiger partial charge in [-0.2, -0.15) is 0 Å². The van der Waals surface area contributed by atoms with Crippen LogP contribution in [0, 0.1) is 5.82 Å². The largest absolute Gasteiger partial charge is 0.306 e. The van der Waals surface area contributed by atoms with E-state index in [0.717, 1.165) is 23.6 Å². The maximum absolute atomic E-state index is 12.9. The zero-order valence-electron chi connectivity index (χ0n) is 12.3. The predicted molar refractivity (Wildman–Crippen MR) is 85.0 cm³/mol. The minimum atomic E-state index is -0.305. The van der Waals surface area contributed by atoms with Crippen molar-refractivity contribution in [3.8, 4) is 0 Å². The fraction of sp³-hybridized carbons (Fsp3) is 0.353. The highest BCUT2D eigenvalue weighted by Gasteiger charge is 2.14. The topological polar surface area (TPSA) is 24.9 Å². The van der Waals surface area contributed by atoms with Gasteiger partial charge < -0.3 is 5.32 Å². The quantitative estimate of drug-likeness (QED) is 0.847. The molecule has 0 amide bonds. The molecule has 1 aromatic carbocycles. The van der Waals surface area contributed by atoms with Gasteiger partial charge >= 0.3 is 0 Å². The highest BCUT2D eigenvalue weighted by molar-refractivity contribution is 6.30. The predicted octanol–water partition coefficient (Wildman–Crippen LogP) is 4.55. The van der Waals surface area contributed by atoms with Crippen LogP contribution in [0.4, 0.5) is 4.39 Å². The number of hydrogen-bond donors (Lipinski definition) is 1. The molecule has 112 valence electrons. The maximum Gasteiger partial charge on any atom is 0.141 e. The van der Waals surface area contributed by atoms with Crippen LogP contribution in [0.5, 0.6) is 0 Å². The molecule has 0 aliphatic rings. The molecule has 2 aromatic rings. The monoisotopic (exact) mass is 306 g/mol. The van der Waals surface area contributed by atoms with Crippen LogP contribution in [-0.4, -0.2) is 11.0 Å². The molecule has 2 unspecified atom stereocenters. The molecule has 0 aliphatic carbocycles. The van der Waals surface area contributed by atoms with Gasteiger partial charge in [-0.1, -0.05) is 30.7 Å². The van der Waals surface area contributed by atoms with Gasteiger partial charge in [0.25, 0.3) is 0 Å². The Hall–Kier alpha value is -1.45. The SMILES string of the molecule is CCC(NC(C)Cc1cccc(Cl)c1)c1ccc(F)cn1. The van der Waals surface area contributed by atoms with Crippen molar-refractivity contribution in [3.05, 3.63) is 64.7 Å². The normalized spacial score (nSPS) is 13.9. The van der Waals surface area contributed by atoms with Crippen molar-refractivity contribution in [2.24, 2.45) is 0 Å². The van der Waals surface area contributed by atoms with E-state index in [9.17, 15) is 4.39 Å². The number of nitrogens with one attached hydrogen (secondary N) is 1. The molecule has 1 aromatic heterocycles. The lowest BCUT2D eigenvalue weighted by Gasteiger charge is -2.22. The van der Waals surface area contributed by atoms with Gasteiger partial charge in [-0.3, -0.25) is 4.98 Å². The summed E-state index contributed by atoms with van der Waals surface area (Å²) < 4.78 is 12.9. The molecular formula is C17H20ClFN2. The molecule has 0 radical (unpaired) electrons. The maximum atomic E-state index is 12.9. The van der Waals surface area contributed by atoms with Crippen molar-refractivity contribution in [2.75, 3.05) is 0 Å². The van der Waals surface area contributed by atoms with Gasteiger partial charge in [-0.15, -0.1) is 0 Å². The number of halogens is 2. The minimum Gasteiger partial charge on any atom is -0.306 e. The Balaban J connectivity index is 1.99. The van der Waals surface area contributed by atoms with E-state index in [1.165, 1.54) is 17.8 Å². The van der Waals surface area contributed by atoms with Crippen molar-refractivity contribution in [3.63, 3.8) is 0 Å². The van der Waals surface area contributed by atoms with Gasteiger partial charge in [-0.05, 0) is 49.6 Å². The van der Waals surface area contributed by atoms with E-state index >= 15 is 0 Å². The summed E-state index contributed by atoms with van der Waals surface area (Å²) in [5.74, 6) is -0.305. The molecule has 0 saturated carbocycles. The zero-order chi connectivity index (χ0) is 15.2. The second-order valence-electron chi connectivity index (χ2n) is 5.26. The molecule has 0 spiro atoms. The second kappa shape index (κ2) is 7.53. The third kappa shape index (κ3) is 4.80. The Labute approximate surface area is 130 Å². The van der Waals surface area contributed by atoms with Gasteiger partial charge in [0.15, 0.2) is 0 Å². The first-order chi connectivity index (χ1) is 10.1. The van der Waals surface area contributed by atoms with E-state index in [1.807, 2.05) is 18.2 Å². The van der Waals surface area contributed by atoms with E-state index in [4.69, 9.17) is 11.6 Å². The van der Waals surface area contributed by atoms with Crippen LogP contribution in [0.1, 0.15) is 37.6 Å². The summed E-state index contributed by atoms with van der Waals surface area (Å²) in [4.78, 5) is 4.17. The van der Waals surface area contributed by atoms with Gasteiger partial charge in [-0.25, -0.2) is 4.39 Å². The van der Waals surface area contributed by atoms with Crippen LogP contribution in [0.25, 0.3) is 0 Å². The van der Waals surface area contributed by atoms with Crippen molar-refractivity contribution < 1.29 is 4.39 Å². The fourth-order valence-electron chi connectivity index (χ4n) is 2.43. The highest BCUT2D eigenvalue weighted by Crippen LogP contribution is 2.17. The third-order valence-corrected chi connectivity index (χ3v) is 3.67. The first-order valence-corrected chi connectivity index (χ1v) is 7.58. The zero-order valence-corrected chi connectivity index (χ0v) is 13.1. The number of benzene rings is 1. The van der Waals surface area contributed by atoms with Crippen molar-refractivity contribution in [1.29, 1.82) is 0 Å². The Morgan fingerprint density at radius 2 is 2.10 bits per heavy atom. The Morgan fingerprint density at radius 3 is 2.71 bits per heavy atom. The van der Waals surface area contributed by atoms with Gasteiger partial charge in [0.1, 0.15) is 5.82 Å². The van der Waals surface area contributed by atoms with Gasteiger partial charge in [0, 0.05) is 17.1 Å². The van der Waals surface area contributed by atoms with E-state index in [0.29, 0.717) is 0 Å². The summed E-state index contributed by atoms with van der Waals surface area (Å²) in [6, 6.07) is 11.5. The van der Waals surface area contributed by atoms with Gasteiger partial charge in [0.05, 0.1) is 11.9 Å². The average Bonchev–Trinajstić information content (AvgIpc) is 2.46. The molecule has 1 N–H and O–H groups in total. The minimum absolute atomic E-state index is 0.125. The lowest BCUT2D eigenvalue weighted by molar-refractivity contribution is 0.435. The van der Waals surface area contributed by atoms with Crippen LogP contribution in [0.2, 0.25) is 5.02 Å². The second-order valence-corrected chi connectivity index (χ2v) is 5.70. The summed E-state index contributed by atoms with van der Waals surface area (Å²) in [5.41, 5.74) is 2.07. The van der Waals surface area contributed by atoms with Crippen LogP contribution in [0.3, 0.4) is 0 Å². The van der Waals surface area contributed by atoms with Crippen LogP contribution >= 0.6 is 11.6 Å². The third-order valence-electron chi connectivity index (χ3n) is 3.43. The smallest absolute Gasteiger partial charge is 0.141 e. The van der Waals surface area contributed by atoms with Crippen molar-refractivity contribution in [1.82, 2.24) is 10.3 Å². The van der Waals surface area contributed by atoms with E-state index in [2.05, 4.69) is 30.2 Å². The number of aromatic nitrogens is 1. The van der Waals surface area contributed by atoms with Gasteiger partial charge in [0.2, 0.25) is 0 Å². The first-order valence-electron chi connectivity index (χ1n) is 7.20. The average molecular weight is 307 g/mol. The molecule has 2 atom stereocenters. The van der Waals surface area contributed by atoms with Crippen molar-refractivity contribution >= 4 is 11.6 Å². The van der Waals surface area contributed by atoms with Crippen LogP contribution in [-0.2, 0) is 6.42 Å². The molecular weight excluding hydrogens is 287 g/mol. The molecule has 0 saturated heterocycles. The highest BCUT2D eigenvalue weighted by atomic mass is 35.5. The number of nitrogens with zero attached hydrogens (tertiary/aromatic N) is 1. The Morgan fingerprint density at radius 1 is 1.29 bits per heavy atom. The van der Waals surface area contributed by atoms with E-state index in [-0.39, 0.29) is 17.9 Å². The lowest BCUT2D eigenvalue weighted by atomic mass is 10.0.